The Kier molecular flexibility index (Phi) is 6.45. The summed E-state index contributed by atoms with van der Waals surface area (Å²) in [7, 11) is 1.75. The number of piperidine rings is 1. The number of benzene rings is 1. The molecule has 0 radical (unpaired) electrons. The van der Waals surface area contributed by atoms with Crippen molar-refractivity contribution in [3.05, 3.63) is 71.9 Å². The van der Waals surface area contributed by atoms with Crippen LogP contribution in [0.3, 0.4) is 0 Å². The van der Waals surface area contributed by atoms with Gasteiger partial charge in [0.25, 0.3) is 5.91 Å². The molecule has 0 saturated carbocycles. The standard InChI is InChI=1S/C27H30N10O2/c1-17-4-5-21(13-22(17)31-27(38)23-12-18(2)33-35(23)3)39-26-7-6-25-32-24(16-37(25)34-26)30-19-14-29-36(15-19)20-8-10-28-11-9-20/h4-7,12-16,20,28,30H,8-11H2,1-3H3,(H,31,38). The smallest absolute Gasteiger partial charge is 0.273 e. The number of ether oxygens (including phenoxy) is 1. The number of imidazole rings is 1. The van der Waals surface area contributed by atoms with Crippen LogP contribution in [0.15, 0.2) is 55.0 Å². The maximum Gasteiger partial charge on any atom is 0.273 e. The Morgan fingerprint density at radius 1 is 1.08 bits per heavy atom. The van der Waals surface area contributed by atoms with Crippen LogP contribution in [0.1, 0.15) is 40.6 Å². The molecule has 1 aliphatic heterocycles. The fourth-order valence-corrected chi connectivity index (χ4v) is 4.73. The summed E-state index contributed by atoms with van der Waals surface area (Å²) < 4.78 is 11.3. The van der Waals surface area contributed by atoms with Crippen molar-refractivity contribution in [3.63, 3.8) is 0 Å². The molecule has 200 valence electrons. The van der Waals surface area contributed by atoms with Crippen molar-refractivity contribution in [3.8, 4) is 11.6 Å². The van der Waals surface area contributed by atoms with Gasteiger partial charge in [0.15, 0.2) is 11.5 Å². The van der Waals surface area contributed by atoms with Crippen LogP contribution in [0.5, 0.6) is 11.6 Å². The zero-order valence-corrected chi connectivity index (χ0v) is 22.0. The van der Waals surface area contributed by atoms with Gasteiger partial charge in [0, 0.05) is 31.1 Å². The molecule has 5 heterocycles. The van der Waals surface area contributed by atoms with Gasteiger partial charge in [-0.1, -0.05) is 6.07 Å². The lowest BCUT2D eigenvalue weighted by Crippen LogP contribution is -2.29. The van der Waals surface area contributed by atoms with Crippen molar-refractivity contribution in [2.45, 2.75) is 32.7 Å². The largest absolute Gasteiger partial charge is 0.438 e. The maximum absolute atomic E-state index is 12.8. The number of aryl methyl sites for hydroxylation is 3. The third-order valence-corrected chi connectivity index (χ3v) is 6.77. The Bertz CT molecular complexity index is 1640. The summed E-state index contributed by atoms with van der Waals surface area (Å²) in [6.07, 6.45) is 7.78. The molecule has 12 heteroatoms. The highest BCUT2D eigenvalue weighted by molar-refractivity contribution is 6.03. The fourth-order valence-electron chi connectivity index (χ4n) is 4.73. The molecule has 39 heavy (non-hydrogen) atoms. The first-order chi connectivity index (χ1) is 18.9. The van der Waals surface area contributed by atoms with Gasteiger partial charge in [-0.25, -0.2) is 9.50 Å². The van der Waals surface area contributed by atoms with Crippen molar-refractivity contribution in [2.75, 3.05) is 23.7 Å². The van der Waals surface area contributed by atoms with Crippen LogP contribution in [-0.2, 0) is 7.05 Å². The van der Waals surface area contributed by atoms with Crippen molar-refractivity contribution < 1.29 is 9.53 Å². The van der Waals surface area contributed by atoms with E-state index in [-0.39, 0.29) is 5.91 Å². The van der Waals surface area contributed by atoms with Crippen molar-refractivity contribution in [1.82, 2.24) is 39.5 Å². The predicted octanol–water partition coefficient (Wildman–Crippen LogP) is 3.99. The van der Waals surface area contributed by atoms with E-state index in [0.29, 0.717) is 40.5 Å². The second kappa shape index (κ2) is 10.2. The molecule has 0 spiro atoms. The monoisotopic (exact) mass is 526 g/mol. The lowest BCUT2D eigenvalue weighted by atomic mass is 10.1. The fraction of sp³-hybridized carbons (Fsp3) is 0.296. The first kappa shape index (κ1) is 24.6. The number of carbonyl (C=O) groups is 1. The van der Waals surface area contributed by atoms with Crippen LogP contribution in [0.4, 0.5) is 17.2 Å². The summed E-state index contributed by atoms with van der Waals surface area (Å²) in [5.41, 5.74) is 4.38. The van der Waals surface area contributed by atoms with Crippen LogP contribution in [0.25, 0.3) is 5.65 Å². The van der Waals surface area contributed by atoms with Gasteiger partial charge in [-0.05, 0) is 63.5 Å². The van der Waals surface area contributed by atoms with E-state index in [9.17, 15) is 4.79 Å². The van der Waals surface area contributed by atoms with Gasteiger partial charge in [-0.3, -0.25) is 14.2 Å². The Balaban J connectivity index is 1.15. The normalized spacial score (nSPS) is 14.0. The number of anilines is 3. The number of nitrogens with one attached hydrogen (secondary N) is 3. The Hall–Kier alpha value is -4.71. The van der Waals surface area contributed by atoms with Gasteiger partial charge in [-0.2, -0.15) is 10.2 Å². The molecule has 6 rings (SSSR count). The second-order valence-electron chi connectivity index (χ2n) is 9.74. The minimum atomic E-state index is -0.238. The molecule has 1 amide bonds. The molecule has 1 aromatic carbocycles. The quantitative estimate of drug-likeness (QED) is 0.290. The molecule has 12 nitrogen and oxygen atoms in total. The van der Waals surface area contributed by atoms with E-state index in [1.54, 1.807) is 40.6 Å². The molecular formula is C27H30N10O2. The molecule has 4 aromatic heterocycles. The van der Waals surface area contributed by atoms with Crippen molar-refractivity contribution >= 4 is 28.7 Å². The highest BCUT2D eigenvalue weighted by Crippen LogP contribution is 2.27. The molecule has 1 aliphatic rings. The van der Waals surface area contributed by atoms with Crippen LogP contribution < -0.4 is 20.7 Å². The van der Waals surface area contributed by atoms with Crippen molar-refractivity contribution in [2.24, 2.45) is 7.05 Å². The van der Waals surface area contributed by atoms with E-state index in [1.165, 1.54) is 0 Å². The zero-order chi connectivity index (χ0) is 26.9. The number of carbonyl (C=O) groups excluding carboxylic acids is 1. The number of amides is 1. The molecule has 0 unspecified atom stereocenters. The zero-order valence-electron chi connectivity index (χ0n) is 22.0. The van der Waals surface area contributed by atoms with Gasteiger partial charge in [0.05, 0.1) is 29.8 Å². The van der Waals surface area contributed by atoms with Gasteiger partial charge < -0.3 is 20.7 Å². The van der Waals surface area contributed by atoms with E-state index in [4.69, 9.17) is 4.74 Å². The summed E-state index contributed by atoms with van der Waals surface area (Å²) in [5.74, 6) is 1.37. The molecule has 0 bridgehead atoms. The summed E-state index contributed by atoms with van der Waals surface area (Å²) in [5, 5.41) is 23.0. The first-order valence-electron chi connectivity index (χ1n) is 12.9. The van der Waals surface area contributed by atoms with Crippen LogP contribution in [0.2, 0.25) is 0 Å². The summed E-state index contributed by atoms with van der Waals surface area (Å²) in [4.78, 5) is 17.4. The van der Waals surface area contributed by atoms with E-state index in [1.807, 2.05) is 49.1 Å². The number of aromatic nitrogens is 7. The Morgan fingerprint density at radius 2 is 1.92 bits per heavy atom. The summed E-state index contributed by atoms with van der Waals surface area (Å²) in [6, 6.07) is 11.3. The minimum absolute atomic E-state index is 0.238. The van der Waals surface area contributed by atoms with E-state index < -0.39 is 0 Å². The highest BCUT2D eigenvalue weighted by atomic mass is 16.5. The molecule has 5 aromatic rings. The Labute approximate surface area is 225 Å². The average molecular weight is 527 g/mol. The van der Waals surface area contributed by atoms with Crippen LogP contribution in [-0.4, -0.2) is 53.2 Å². The predicted molar refractivity (Wildman–Crippen MR) is 147 cm³/mol. The van der Waals surface area contributed by atoms with Crippen LogP contribution >= 0.6 is 0 Å². The molecule has 0 aliphatic carbocycles. The number of hydrogen-bond acceptors (Lipinski definition) is 8. The first-order valence-corrected chi connectivity index (χ1v) is 12.9. The Morgan fingerprint density at radius 3 is 2.72 bits per heavy atom. The second-order valence-corrected chi connectivity index (χ2v) is 9.74. The van der Waals surface area contributed by atoms with Crippen molar-refractivity contribution in [1.29, 1.82) is 0 Å². The van der Waals surface area contributed by atoms with E-state index >= 15 is 0 Å². The minimum Gasteiger partial charge on any atom is -0.438 e. The van der Waals surface area contributed by atoms with E-state index in [0.717, 1.165) is 42.9 Å². The van der Waals surface area contributed by atoms with Gasteiger partial charge >= 0.3 is 0 Å². The number of fused-ring (bicyclic) bond motifs is 1. The summed E-state index contributed by atoms with van der Waals surface area (Å²) in [6.45, 7) is 5.80. The SMILES string of the molecule is Cc1cc(C(=O)Nc2cc(Oc3ccc4nc(Nc5cnn(C6CCNCC6)c5)cn4n3)ccc2C)n(C)n1. The highest BCUT2D eigenvalue weighted by Gasteiger charge is 2.17. The summed E-state index contributed by atoms with van der Waals surface area (Å²) >= 11 is 0. The molecule has 1 saturated heterocycles. The topological polar surface area (TPSA) is 128 Å². The van der Waals surface area contributed by atoms with Gasteiger partial charge in [0.1, 0.15) is 11.4 Å². The number of hydrogen-bond donors (Lipinski definition) is 3. The van der Waals surface area contributed by atoms with E-state index in [2.05, 4.69) is 36.2 Å². The average Bonchev–Trinajstić information content (AvgIpc) is 3.64. The van der Waals surface area contributed by atoms with Gasteiger partial charge in [0.2, 0.25) is 5.88 Å². The van der Waals surface area contributed by atoms with Crippen LogP contribution in [0, 0.1) is 13.8 Å². The van der Waals surface area contributed by atoms with Gasteiger partial charge in [-0.15, -0.1) is 5.10 Å². The molecule has 0 atom stereocenters. The maximum atomic E-state index is 12.8. The lowest BCUT2D eigenvalue weighted by molar-refractivity contribution is 0.101. The molecule has 3 N–H and O–H groups in total. The molecule has 1 fully saturated rings. The number of rotatable bonds is 7. The third kappa shape index (κ3) is 5.32. The number of nitrogens with zero attached hydrogens (tertiary/aromatic N) is 7. The lowest BCUT2D eigenvalue weighted by Gasteiger charge is -2.22. The molecular weight excluding hydrogens is 496 g/mol. The third-order valence-electron chi connectivity index (χ3n) is 6.77.